The average Bonchev–Trinajstić information content (AvgIpc) is 2.99. The van der Waals surface area contributed by atoms with Gasteiger partial charge in [-0.05, 0) is 84.7 Å². The molecule has 0 atom stereocenters. The Bertz CT molecular complexity index is 1510. The Balaban J connectivity index is 1.50. The summed E-state index contributed by atoms with van der Waals surface area (Å²) < 4.78 is 60.4. The minimum Gasteiger partial charge on any atom is -0.492 e. The smallest absolute Gasteiger partial charge is 0.251 e. The van der Waals surface area contributed by atoms with Crippen LogP contribution in [0.5, 0.6) is 5.75 Å². The fourth-order valence-electron chi connectivity index (χ4n) is 4.84. The van der Waals surface area contributed by atoms with Gasteiger partial charge in [0.2, 0.25) is 0 Å². The molecule has 1 fully saturated rings. The monoisotopic (exact) mass is 604 g/mol. The molecule has 4 rings (SSSR count). The second-order valence-corrected chi connectivity index (χ2v) is 10.3. The number of amides is 1. The van der Waals surface area contributed by atoms with Crippen molar-refractivity contribution in [3.8, 4) is 5.75 Å². The number of carbonyl (C=O) groups is 2. The molecule has 0 unspecified atom stereocenters. The molecule has 0 aromatic heterocycles. The van der Waals surface area contributed by atoms with Gasteiger partial charge in [-0.2, -0.15) is 0 Å². The summed E-state index contributed by atoms with van der Waals surface area (Å²) in [4.78, 5) is 28.6. The topological polar surface area (TPSA) is 58.6 Å². The molecule has 0 spiro atoms. The summed E-state index contributed by atoms with van der Waals surface area (Å²) >= 11 is 0. The van der Waals surface area contributed by atoms with Crippen molar-refractivity contribution in [3.63, 3.8) is 0 Å². The van der Waals surface area contributed by atoms with Gasteiger partial charge in [-0.15, -0.1) is 13.2 Å². The minimum atomic E-state index is -1.07. The van der Waals surface area contributed by atoms with E-state index < -0.39 is 41.0 Å². The van der Waals surface area contributed by atoms with E-state index in [0.29, 0.717) is 37.6 Å². The quantitative estimate of drug-likeness (QED) is 0.139. The zero-order valence-electron chi connectivity index (χ0n) is 24.0. The van der Waals surface area contributed by atoms with Crippen molar-refractivity contribution in [3.05, 3.63) is 137 Å². The van der Waals surface area contributed by atoms with Crippen molar-refractivity contribution in [2.75, 3.05) is 26.2 Å². The van der Waals surface area contributed by atoms with E-state index in [4.69, 9.17) is 4.74 Å². The van der Waals surface area contributed by atoms with Gasteiger partial charge < -0.3 is 10.1 Å². The van der Waals surface area contributed by atoms with E-state index in [1.807, 2.05) is 12.2 Å². The van der Waals surface area contributed by atoms with Gasteiger partial charge in [0.1, 0.15) is 12.4 Å². The van der Waals surface area contributed by atoms with Crippen LogP contribution in [-0.4, -0.2) is 48.9 Å². The largest absolute Gasteiger partial charge is 0.492 e. The number of carbonyl (C=O) groups excluding carboxylic acids is 2. The third-order valence-corrected chi connectivity index (χ3v) is 6.99. The normalized spacial score (nSPS) is 16.8. The predicted octanol–water partition coefficient (Wildman–Crippen LogP) is 6.92. The first-order valence-corrected chi connectivity index (χ1v) is 14.0. The predicted molar refractivity (Wildman–Crippen MR) is 163 cm³/mol. The Kier molecular flexibility index (Phi) is 11.0. The Labute approximate surface area is 253 Å². The van der Waals surface area contributed by atoms with Crippen LogP contribution in [0.2, 0.25) is 0 Å². The van der Waals surface area contributed by atoms with Crippen LogP contribution >= 0.6 is 0 Å². The molecule has 0 heterocycles. The summed E-state index contributed by atoms with van der Waals surface area (Å²) in [6.07, 6.45) is 6.71. The van der Waals surface area contributed by atoms with Crippen molar-refractivity contribution in [2.24, 2.45) is 0 Å². The van der Waals surface area contributed by atoms with Gasteiger partial charge in [-0.25, -0.2) is 17.6 Å². The van der Waals surface area contributed by atoms with Gasteiger partial charge in [-0.3, -0.25) is 14.5 Å². The lowest BCUT2D eigenvalue weighted by Crippen LogP contribution is -2.39. The van der Waals surface area contributed by atoms with E-state index in [2.05, 4.69) is 23.4 Å². The summed E-state index contributed by atoms with van der Waals surface area (Å²) in [6, 6.07) is 12.6. The van der Waals surface area contributed by atoms with Crippen LogP contribution in [0.1, 0.15) is 34.3 Å². The highest BCUT2D eigenvalue weighted by Crippen LogP contribution is 2.29. The molecule has 1 aliphatic carbocycles. The Morgan fingerprint density at radius 1 is 0.818 bits per heavy atom. The molecular formula is C35H32F4N2O3. The number of hydrogen-bond acceptors (Lipinski definition) is 4. The summed E-state index contributed by atoms with van der Waals surface area (Å²) in [6.45, 7) is 10.0. The van der Waals surface area contributed by atoms with E-state index in [9.17, 15) is 27.2 Å². The van der Waals surface area contributed by atoms with Gasteiger partial charge >= 0.3 is 0 Å². The van der Waals surface area contributed by atoms with Crippen LogP contribution in [0.4, 0.5) is 17.6 Å². The molecule has 0 bridgehead atoms. The SMILES string of the molecule is C=CCN(CC=C)CCOc1ccc(C(=O)NC2C/C(=C\c3ccc(F)c(F)c3)C(=O)/C(=C/c3ccc(F)c(F)c3)C2)cc1. The zero-order valence-corrected chi connectivity index (χ0v) is 24.0. The Morgan fingerprint density at radius 2 is 1.34 bits per heavy atom. The summed E-state index contributed by atoms with van der Waals surface area (Å²) in [5.41, 5.74) is 1.38. The maximum atomic E-state index is 13.9. The lowest BCUT2D eigenvalue weighted by atomic mass is 9.83. The molecule has 0 radical (unpaired) electrons. The van der Waals surface area contributed by atoms with Gasteiger partial charge in [0, 0.05) is 42.4 Å². The lowest BCUT2D eigenvalue weighted by molar-refractivity contribution is -0.113. The van der Waals surface area contributed by atoms with Gasteiger partial charge in [0.15, 0.2) is 29.1 Å². The molecule has 9 heteroatoms. The highest BCUT2D eigenvalue weighted by atomic mass is 19.2. The molecule has 1 saturated carbocycles. The van der Waals surface area contributed by atoms with Crippen molar-refractivity contribution in [2.45, 2.75) is 18.9 Å². The number of nitrogens with zero attached hydrogens (tertiary/aromatic N) is 1. The molecule has 1 aliphatic rings. The van der Waals surface area contributed by atoms with Crippen LogP contribution in [0.25, 0.3) is 12.2 Å². The molecule has 3 aromatic carbocycles. The number of ketones is 1. The lowest BCUT2D eigenvalue weighted by Gasteiger charge is -2.27. The number of halogens is 4. The van der Waals surface area contributed by atoms with Gasteiger partial charge in [-0.1, -0.05) is 24.3 Å². The first kappa shape index (κ1) is 32.2. The molecule has 1 amide bonds. The molecule has 3 aromatic rings. The van der Waals surface area contributed by atoms with Crippen LogP contribution in [0.3, 0.4) is 0 Å². The van der Waals surface area contributed by atoms with Crippen LogP contribution in [-0.2, 0) is 4.79 Å². The number of nitrogens with one attached hydrogen (secondary N) is 1. The number of rotatable bonds is 12. The summed E-state index contributed by atoms with van der Waals surface area (Å²) in [7, 11) is 0. The van der Waals surface area contributed by atoms with E-state index in [1.165, 1.54) is 24.3 Å². The third-order valence-electron chi connectivity index (χ3n) is 6.99. The highest BCUT2D eigenvalue weighted by molar-refractivity contribution is 6.14. The fourth-order valence-corrected chi connectivity index (χ4v) is 4.84. The maximum Gasteiger partial charge on any atom is 0.251 e. The molecular weight excluding hydrogens is 572 g/mol. The number of benzene rings is 3. The number of hydrogen-bond donors (Lipinski definition) is 1. The fraction of sp³-hybridized carbons (Fsp3) is 0.200. The van der Waals surface area contributed by atoms with E-state index in [-0.39, 0.29) is 35.1 Å². The molecule has 0 saturated heterocycles. The van der Waals surface area contributed by atoms with E-state index in [1.54, 1.807) is 24.3 Å². The Hall–Kier alpha value is -4.76. The van der Waals surface area contributed by atoms with E-state index in [0.717, 1.165) is 24.3 Å². The highest BCUT2D eigenvalue weighted by Gasteiger charge is 2.29. The maximum absolute atomic E-state index is 13.9. The van der Waals surface area contributed by atoms with Crippen LogP contribution < -0.4 is 10.1 Å². The first-order valence-electron chi connectivity index (χ1n) is 14.0. The third kappa shape index (κ3) is 8.64. The minimum absolute atomic E-state index is 0.117. The van der Waals surface area contributed by atoms with Crippen molar-refractivity contribution in [1.29, 1.82) is 0 Å². The van der Waals surface area contributed by atoms with Crippen molar-refractivity contribution < 1.29 is 31.9 Å². The van der Waals surface area contributed by atoms with Crippen LogP contribution in [0, 0.1) is 23.3 Å². The molecule has 0 aliphatic heterocycles. The number of ether oxygens (including phenoxy) is 1. The molecule has 44 heavy (non-hydrogen) atoms. The second-order valence-electron chi connectivity index (χ2n) is 10.3. The second kappa shape index (κ2) is 15.1. The summed E-state index contributed by atoms with van der Waals surface area (Å²) in [5, 5.41) is 2.93. The Morgan fingerprint density at radius 3 is 1.82 bits per heavy atom. The molecule has 5 nitrogen and oxygen atoms in total. The average molecular weight is 605 g/mol. The summed E-state index contributed by atoms with van der Waals surface area (Å²) in [5.74, 6) is -4.37. The van der Waals surface area contributed by atoms with Crippen LogP contribution in [0.15, 0.2) is 97.1 Å². The van der Waals surface area contributed by atoms with Crippen molar-refractivity contribution in [1.82, 2.24) is 10.2 Å². The van der Waals surface area contributed by atoms with E-state index >= 15 is 0 Å². The van der Waals surface area contributed by atoms with Gasteiger partial charge in [0.05, 0.1) is 0 Å². The van der Waals surface area contributed by atoms with Gasteiger partial charge in [0.25, 0.3) is 5.91 Å². The molecule has 228 valence electrons. The number of Topliss-reactive ketones (excluding diaryl/α,β-unsaturated/α-hetero) is 1. The molecule has 1 N–H and O–H groups in total. The first-order chi connectivity index (χ1) is 21.2. The zero-order chi connectivity index (χ0) is 31.6. The van der Waals surface area contributed by atoms with Crippen molar-refractivity contribution >= 4 is 23.8 Å². The standard InChI is InChI=1S/C35H32F4N2O3/c1-3-13-41(14-4-2)15-16-44-29-9-7-25(8-10-29)35(43)40-28-21-26(17-23-5-11-30(36)32(38)19-23)34(42)27(22-28)18-24-6-12-31(37)33(39)20-24/h3-12,17-20,28H,1-2,13-16,21-22H2,(H,40,43)/b26-17+,27-18+.